The Balaban J connectivity index is 1.14. The number of ether oxygens (including phenoxy) is 3. The summed E-state index contributed by atoms with van der Waals surface area (Å²) in [6, 6.07) is 15.4. The molecule has 0 fully saturated rings. The zero-order valence-corrected chi connectivity index (χ0v) is 28.7. The first-order valence-corrected chi connectivity index (χ1v) is 16.0. The van der Waals surface area contributed by atoms with Crippen LogP contribution in [-0.4, -0.2) is 52.5 Å². The van der Waals surface area contributed by atoms with Crippen molar-refractivity contribution in [3.63, 3.8) is 0 Å². The third-order valence-electron chi connectivity index (χ3n) is 7.88. The van der Waals surface area contributed by atoms with E-state index in [1.54, 1.807) is 27.0 Å². The van der Waals surface area contributed by atoms with Gasteiger partial charge < -0.3 is 30.2 Å². The van der Waals surface area contributed by atoms with Crippen LogP contribution in [-0.2, 0) is 33.8 Å². The van der Waals surface area contributed by atoms with E-state index >= 15 is 0 Å². The molecule has 1 aromatic heterocycles. The van der Waals surface area contributed by atoms with Crippen LogP contribution in [0.25, 0.3) is 11.6 Å². The molecule has 0 radical (unpaired) electrons. The summed E-state index contributed by atoms with van der Waals surface area (Å²) in [5, 5.41) is 12.4. The number of anilines is 2. The fourth-order valence-electron chi connectivity index (χ4n) is 5.69. The number of nitrogens with two attached hydrogens (primary N) is 1. The summed E-state index contributed by atoms with van der Waals surface area (Å²) in [5.74, 6) is -0.150. The van der Waals surface area contributed by atoms with E-state index < -0.39 is 17.7 Å². The molecule has 2 aliphatic rings. The second kappa shape index (κ2) is 14.2. The number of aliphatic imine (C=N–C) groups is 1. The number of nitriles is 1. The zero-order chi connectivity index (χ0) is 35.3. The van der Waals surface area contributed by atoms with Crippen LogP contribution < -0.4 is 20.7 Å². The van der Waals surface area contributed by atoms with Gasteiger partial charge in [0.15, 0.2) is 0 Å². The van der Waals surface area contributed by atoms with E-state index in [-0.39, 0.29) is 30.3 Å². The Labute approximate surface area is 286 Å². The Morgan fingerprint density at radius 2 is 1.86 bits per heavy atom. The van der Waals surface area contributed by atoms with Crippen LogP contribution in [0.4, 0.5) is 22.1 Å². The number of esters is 1. The fraction of sp³-hybridized carbons (Fsp3) is 0.351. The van der Waals surface area contributed by atoms with E-state index in [0.717, 1.165) is 33.6 Å². The van der Waals surface area contributed by atoms with Crippen LogP contribution in [0.1, 0.15) is 69.5 Å². The van der Waals surface area contributed by atoms with E-state index in [2.05, 4.69) is 45.1 Å². The minimum atomic E-state index is -0.707. The number of hydrogen-bond donors (Lipinski definition) is 2. The quantitative estimate of drug-likeness (QED) is 0.148. The van der Waals surface area contributed by atoms with Crippen molar-refractivity contribution >= 4 is 47.2 Å². The topological polar surface area (TPSA) is 165 Å². The molecular weight excluding hydrogens is 622 g/mol. The van der Waals surface area contributed by atoms with Crippen LogP contribution in [0.5, 0.6) is 5.88 Å². The van der Waals surface area contributed by atoms with Crippen LogP contribution in [0.2, 0.25) is 0 Å². The molecule has 0 bridgehead atoms. The lowest BCUT2D eigenvalue weighted by atomic mass is 9.88. The van der Waals surface area contributed by atoms with E-state index in [9.17, 15) is 14.9 Å². The number of aromatic nitrogens is 2. The summed E-state index contributed by atoms with van der Waals surface area (Å²) in [6.07, 6.45) is 5.53. The maximum atomic E-state index is 12.6. The number of nitrogens with zero attached hydrogens (tertiary/aromatic N) is 5. The van der Waals surface area contributed by atoms with Crippen LogP contribution in [0.15, 0.2) is 59.1 Å². The van der Waals surface area contributed by atoms with Gasteiger partial charge in [-0.05, 0) is 82.0 Å². The fourth-order valence-corrected chi connectivity index (χ4v) is 5.69. The Hall–Kier alpha value is -5.70. The monoisotopic (exact) mass is 663 g/mol. The lowest BCUT2D eigenvalue weighted by molar-refractivity contribution is -0.149. The summed E-state index contributed by atoms with van der Waals surface area (Å²) in [7, 11) is 0. The Kier molecular flexibility index (Phi) is 10.0. The molecule has 49 heavy (non-hydrogen) atoms. The highest BCUT2D eigenvalue weighted by molar-refractivity contribution is 5.98. The van der Waals surface area contributed by atoms with Crippen molar-refractivity contribution in [2.24, 2.45) is 4.99 Å². The van der Waals surface area contributed by atoms with E-state index in [4.69, 9.17) is 19.9 Å². The maximum Gasteiger partial charge on any atom is 0.407 e. The van der Waals surface area contributed by atoms with Gasteiger partial charge in [0.1, 0.15) is 36.1 Å². The highest BCUT2D eigenvalue weighted by atomic mass is 16.6. The number of hydrogen-bond acceptors (Lipinski definition) is 11. The lowest BCUT2D eigenvalue weighted by Crippen LogP contribution is -2.47. The van der Waals surface area contributed by atoms with Crippen molar-refractivity contribution in [2.75, 3.05) is 23.8 Å². The second-order valence-electron chi connectivity index (χ2n) is 13.4. The van der Waals surface area contributed by atoms with Gasteiger partial charge in [0.25, 0.3) is 0 Å². The summed E-state index contributed by atoms with van der Waals surface area (Å²) >= 11 is 0. The number of carbonyl (C=O) groups is 2. The molecule has 3 heterocycles. The van der Waals surface area contributed by atoms with Gasteiger partial charge in [-0.2, -0.15) is 10.2 Å². The van der Waals surface area contributed by atoms with Crippen LogP contribution in [0, 0.1) is 11.3 Å². The van der Waals surface area contributed by atoms with Crippen LogP contribution >= 0.6 is 0 Å². The van der Waals surface area contributed by atoms with Crippen molar-refractivity contribution in [1.29, 1.82) is 5.26 Å². The molecule has 2 aliphatic heterocycles. The summed E-state index contributed by atoms with van der Waals surface area (Å²) < 4.78 is 16.8. The maximum absolute atomic E-state index is 12.6. The normalized spacial score (nSPS) is 14.7. The van der Waals surface area contributed by atoms with Crippen molar-refractivity contribution < 1.29 is 23.8 Å². The second-order valence-corrected chi connectivity index (χ2v) is 13.4. The number of allylic oxidation sites excluding steroid dienone is 1. The van der Waals surface area contributed by atoms with E-state index in [1.807, 2.05) is 55.5 Å². The number of amides is 1. The number of carbonyl (C=O) groups excluding carboxylic acids is 2. The lowest BCUT2D eigenvalue weighted by Gasteiger charge is -2.43. The zero-order valence-electron chi connectivity index (χ0n) is 28.7. The van der Waals surface area contributed by atoms with Gasteiger partial charge in [-0.25, -0.2) is 14.6 Å². The van der Waals surface area contributed by atoms with Gasteiger partial charge in [-0.15, -0.1) is 0 Å². The molecule has 5 rings (SSSR count). The van der Waals surface area contributed by atoms with Crippen molar-refractivity contribution in [3.8, 4) is 11.9 Å². The molecule has 2 aromatic carbocycles. The molecular formula is C37H41N7O5. The molecule has 3 N–H and O–H groups in total. The standard InChI is InChI=1S/C37H41N7O5/c1-23-19-37(5,6)44(30-12-11-26(18-28(23)30)17-27(20-38)33(45)49-36(2,3)4)15-16-47-35(46)41-21-24-7-9-25(10-8-24)22-48-32-31-29(13-14-40-31)42-34(39)43-32/h7-12,14,17-19H,13,15-16,21-22H2,1-6H3,(H,41,46)(H2,39,42,43)/b27-17+. The minimum Gasteiger partial charge on any atom is -0.471 e. The number of fused-ring (bicyclic) bond motifs is 2. The van der Waals surface area contributed by atoms with Crippen molar-refractivity contribution in [1.82, 2.24) is 15.3 Å². The largest absolute Gasteiger partial charge is 0.471 e. The molecule has 0 saturated carbocycles. The Bertz CT molecular complexity index is 1880. The molecule has 254 valence electrons. The average molecular weight is 664 g/mol. The molecule has 0 aliphatic carbocycles. The first-order chi connectivity index (χ1) is 23.2. The van der Waals surface area contributed by atoms with Crippen LogP contribution in [0.3, 0.4) is 0 Å². The summed E-state index contributed by atoms with van der Waals surface area (Å²) in [6.45, 7) is 12.7. The van der Waals surface area contributed by atoms with E-state index in [1.165, 1.54) is 6.08 Å². The van der Waals surface area contributed by atoms with Gasteiger partial charge in [-0.3, -0.25) is 4.99 Å². The summed E-state index contributed by atoms with van der Waals surface area (Å²) in [4.78, 5) is 39.9. The third-order valence-corrected chi connectivity index (χ3v) is 7.88. The molecule has 0 spiro atoms. The number of nitrogen functional groups attached to an aromatic ring is 1. The summed E-state index contributed by atoms with van der Waals surface area (Å²) in [5.41, 5.74) is 11.6. The SMILES string of the molecule is CC1=CC(C)(C)N(CCOC(=O)NCc2ccc(COc3nc(N)nc4c3N=CC4)cc2)c2ccc(/C=C(\C#N)C(=O)OC(C)(C)C)cc21. The number of benzene rings is 2. The minimum absolute atomic E-state index is 0.0725. The highest BCUT2D eigenvalue weighted by Crippen LogP contribution is 2.39. The van der Waals surface area contributed by atoms with Gasteiger partial charge in [-0.1, -0.05) is 36.4 Å². The molecule has 0 unspecified atom stereocenters. The number of nitrogens with one attached hydrogen (secondary N) is 1. The molecule has 0 atom stereocenters. The first-order valence-electron chi connectivity index (χ1n) is 16.0. The number of rotatable bonds is 10. The van der Waals surface area contributed by atoms with E-state index in [0.29, 0.717) is 36.6 Å². The predicted octanol–water partition coefficient (Wildman–Crippen LogP) is 6.07. The molecule has 12 nitrogen and oxygen atoms in total. The van der Waals surface area contributed by atoms with Gasteiger partial charge in [0.2, 0.25) is 11.8 Å². The molecule has 1 amide bonds. The Morgan fingerprint density at radius 3 is 2.57 bits per heavy atom. The third kappa shape index (κ3) is 8.61. The Morgan fingerprint density at radius 1 is 1.12 bits per heavy atom. The predicted molar refractivity (Wildman–Crippen MR) is 188 cm³/mol. The van der Waals surface area contributed by atoms with Crippen molar-refractivity contribution in [2.45, 2.75) is 72.3 Å². The smallest absolute Gasteiger partial charge is 0.407 e. The molecule has 0 saturated heterocycles. The number of alkyl carbamates (subject to hydrolysis) is 1. The van der Waals surface area contributed by atoms with Gasteiger partial charge >= 0.3 is 12.1 Å². The van der Waals surface area contributed by atoms with Crippen molar-refractivity contribution in [3.05, 3.63) is 82.1 Å². The average Bonchev–Trinajstić information content (AvgIpc) is 3.51. The van der Waals surface area contributed by atoms with Gasteiger partial charge in [0.05, 0.1) is 17.8 Å². The highest BCUT2D eigenvalue weighted by Gasteiger charge is 2.31. The first kappa shape index (κ1) is 34.6. The molecule has 3 aromatic rings. The van der Waals surface area contributed by atoms with Gasteiger partial charge in [0, 0.05) is 30.4 Å². The molecule has 12 heteroatoms.